The topological polar surface area (TPSA) is 44.5 Å². The summed E-state index contributed by atoms with van der Waals surface area (Å²) in [7, 11) is 1.60. The van der Waals surface area contributed by atoms with E-state index in [1.165, 1.54) is 0 Å². The first-order chi connectivity index (χ1) is 10.1. The Labute approximate surface area is 137 Å². The molecule has 21 heavy (non-hydrogen) atoms. The van der Waals surface area contributed by atoms with Gasteiger partial charge in [-0.25, -0.2) is 0 Å². The highest BCUT2D eigenvalue weighted by Crippen LogP contribution is 2.41. The van der Waals surface area contributed by atoms with Gasteiger partial charge in [-0.3, -0.25) is 0 Å². The second-order valence-corrected chi connectivity index (χ2v) is 6.35. The minimum atomic E-state index is -0.106. The lowest BCUT2D eigenvalue weighted by atomic mass is 9.93. The number of benzene rings is 2. The number of hydrogen-bond donors (Lipinski definition) is 1. The molecule has 1 aliphatic heterocycles. The third-order valence-corrected chi connectivity index (χ3v) is 4.45. The highest BCUT2D eigenvalue weighted by molar-refractivity contribution is 9.10. The van der Waals surface area contributed by atoms with Gasteiger partial charge in [0.25, 0.3) is 0 Å². The zero-order chi connectivity index (χ0) is 15.0. The molecule has 2 aromatic rings. The SMILES string of the molecule is COc1ccc(C2C[C@@H](N)c3ccc(Br)cc3O2)cc1Cl. The minimum absolute atomic E-state index is 0.0484. The van der Waals surface area contributed by atoms with Crippen LogP contribution in [0.4, 0.5) is 0 Å². The number of fused-ring (bicyclic) bond motifs is 1. The summed E-state index contributed by atoms with van der Waals surface area (Å²) in [5.74, 6) is 1.48. The Hall–Kier alpha value is -1.23. The fourth-order valence-corrected chi connectivity index (χ4v) is 3.17. The molecule has 0 radical (unpaired) electrons. The summed E-state index contributed by atoms with van der Waals surface area (Å²) in [6.45, 7) is 0. The zero-order valence-electron chi connectivity index (χ0n) is 11.5. The Kier molecular flexibility index (Phi) is 4.11. The summed E-state index contributed by atoms with van der Waals surface area (Å²) >= 11 is 9.65. The summed E-state index contributed by atoms with van der Waals surface area (Å²) in [6, 6.07) is 11.6. The van der Waals surface area contributed by atoms with Crippen molar-refractivity contribution in [1.82, 2.24) is 0 Å². The van der Waals surface area contributed by atoms with E-state index < -0.39 is 0 Å². The largest absolute Gasteiger partial charge is 0.495 e. The van der Waals surface area contributed by atoms with Crippen molar-refractivity contribution in [2.24, 2.45) is 5.73 Å². The molecule has 0 bridgehead atoms. The Morgan fingerprint density at radius 2 is 2.10 bits per heavy atom. The monoisotopic (exact) mass is 367 g/mol. The first-order valence-electron chi connectivity index (χ1n) is 6.63. The molecule has 0 fully saturated rings. The number of methoxy groups -OCH3 is 1. The summed E-state index contributed by atoms with van der Waals surface area (Å²) in [4.78, 5) is 0. The van der Waals surface area contributed by atoms with Crippen LogP contribution < -0.4 is 15.2 Å². The van der Waals surface area contributed by atoms with E-state index in [2.05, 4.69) is 15.9 Å². The van der Waals surface area contributed by atoms with Crippen LogP contribution in [0.1, 0.15) is 29.7 Å². The van der Waals surface area contributed by atoms with Gasteiger partial charge in [-0.2, -0.15) is 0 Å². The van der Waals surface area contributed by atoms with Gasteiger partial charge in [-0.1, -0.05) is 39.7 Å². The average Bonchev–Trinajstić information content (AvgIpc) is 2.46. The smallest absolute Gasteiger partial charge is 0.137 e. The van der Waals surface area contributed by atoms with Gasteiger partial charge in [-0.05, 0) is 29.8 Å². The van der Waals surface area contributed by atoms with E-state index >= 15 is 0 Å². The van der Waals surface area contributed by atoms with Gasteiger partial charge in [0.2, 0.25) is 0 Å². The first-order valence-corrected chi connectivity index (χ1v) is 7.80. The molecule has 0 aromatic heterocycles. The molecule has 2 atom stereocenters. The van der Waals surface area contributed by atoms with Crippen LogP contribution in [0.2, 0.25) is 5.02 Å². The quantitative estimate of drug-likeness (QED) is 0.840. The summed E-state index contributed by atoms with van der Waals surface area (Å²) in [5, 5.41) is 0.576. The third-order valence-electron chi connectivity index (χ3n) is 3.66. The molecule has 2 aromatic carbocycles. The zero-order valence-corrected chi connectivity index (χ0v) is 13.8. The van der Waals surface area contributed by atoms with Crippen LogP contribution >= 0.6 is 27.5 Å². The van der Waals surface area contributed by atoms with Crippen LogP contribution in [0, 0.1) is 0 Å². The summed E-state index contributed by atoms with van der Waals surface area (Å²) in [5.41, 5.74) is 8.30. The average molecular weight is 369 g/mol. The molecule has 1 heterocycles. The van der Waals surface area contributed by atoms with Crippen LogP contribution in [-0.4, -0.2) is 7.11 Å². The van der Waals surface area contributed by atoms with Crippen molar-refractivity contribution in [3.63, 3.8) is 0 Å². The number of hydrogen-bond acceptors (Lipinski definition) is 3. The molecule has 0 saturated carbocycles. The van der Waals surface area contributed by atoms with E-state index in [9.17, 15) is 0 Å². The van der Waals surface area contributed by atoms with E-state index in [1.54, 1.807) is 7.11 Å². The van der Waals surface area contributed by atoms with Crippen LogP contribution in [0.15, 0.2) is 40.9 Å². The van der Waals surface area contributed by atoms with Crippen LogP contribution in [0.5, 0.6) is 11.5 Å². The Balaban J connectivity index is 1.93. The molecular formula is C16H15BrClNO2. The maximum atomic E-state index is 6.27. The number of nitrogens with two attached hydrogens (primary N) is 1. The molecule has 0 amide bonds. The number of halogens is 2. The fraction of sp³-hybridized carbons (Fsp3) is 0.250. The second-order valence-electron chi connectivity index (χ2n) is 5.02. The van der Waals surface area contributed by atoms with Gasteiger partial charge in [0, 0.05) is 22.5 Å². The maximum absolute atomic E-state index is 6.27. The molecule has 1 aliphatic rings. The lowest BCUT2D eigenvalue weighted by Crippen LogP contribution is -2.24. The van der Waals surface area contributed by atoms with Gasteiger partial charge in [0.05, 0.1) is 12.1 Å². The molecule has 0 spiro atoms. The van der Waals surface area contributed by atoms with Crippen molar-refractivity contribution in [1.29, 1.82) is 0 Å². The van der Waals surface area contributed by atoms with E-state index in [4.69, 9.17) is 26.8 Å². The molecule has 3 nitrogen and oxygen atoms in total. The molecular weight excluding hydrogens is 354 g/mol. The van der Waals surface area contributed by atoms with Gasteiger partial charge in [0.1, 0.15) is 17.6 Å². The van der Waals surface area contributed by atoms with Crippen molar-refractivity contribution < 1.29 is 9.47 Å². The van der Waals surface area contributed by atoms with Gasteiger partial charge in [-0.15, -0.1) is 0 Å². The lowest BCUT2D eigenvalue weighted by Gasteiger charge is -2.31. The van der Waals surface area contributed by atoms with E-state index in [0.717, 1.165) is 27.8 Å². The predicted molar refractivity (Wildman–Crippen MR) is 87.1 cm³/mol. The molecule has 3 rings (SSSR count). The predicted octanol–water partition coefficient (Wildman–Crippen LogP) is 4.63. The minimum Gasteiger partial charge on any atom is -0.495 e. The van der Waals surface area contributed by atoms with Crippen molar-refractivity contribution >= 4 is 27.5 Å². The summed E-state index contributed by atoms with van der Waals surface area (Å²) < 4.78 is 12.2. The molecule has 0 aliphatic carbocycles. The highest BCUT2D eigenvalue weighted by atomic mass is 79.9. The van der Waals surface area contributed by atoms with E-state index in [-0.39, 0.29) is 12.1 Å². The second kappa shape index (κ2) is 5.87. The van der Waals surface area contributed by atoms with Gasteiger partial charge < -0.3 is 15.2 Å². The highest BCUT2D eigenvalue weighted by Gasteiger charge is 2.27. The number of rotatable bonds is 2. The van der Waals surface area contributed by atoms with Crippen molar-refractivity contribution in [3.05, 3.63) is 57.0 Å². The summed E-state index contributed by atoms with van der Waals surface area (Å²) in [6.07, 6.45) is 0.613. The standard InChI is InChI=1S/C16H15BrClNO2/c1-20-14-5-2-9(6-12(14)18)15-8-13(19)11-4-3-10(17)7-16(11)21-15/h2-7,13,15H,8,19H2,1H3/t13-,15?/m1/s1. The van der Waals surface area contributed by atoms with Crippen LogP contribution in [0.25, 0.3) is 0 Å². The number of ether oxygens (including phenoxy) is 2. The van der Waals surface area contributed by atoms with E-state index in [0.29, 0.717) is 10.8 Å². The fourth-order valence-electron chi connectivity index (χ4n) is 2.56. The van der Waals surface area contributed by atoms with Crippen LogP contribution in [0.3, 0.4) is 0 Å². The Morgan fingerprint density at radius 1 is 1.29 bits per heavy atom. The van der Waals surface area contributed by atoms with Gasteiger partial charge in [0.15, 0.2) is 0 Å². The van der Waals surface area contributed by atoms with Crippen LogP contribution in [-0.2, 0) is 0 Å². The lowest BCUT2D eigenvalue weighted by molar-refractivity contribution is 0.161. The van der Waals surface area contributed by atoms with Crippen molar-refractivity contribution in [2.75, 3.05) is 7.11 Å². The van der Waals surface area contributed by atoms with E-state index in [1.807, 2.05) is 36.4 Å². The first kappa shape index (κ1) is 14.7. The van der Waals surface area contributed by atoms with Gasteiger partial charge >= 0.3 is 0 Å². The normalized spacial score (nSPS) is 20.6. The maximum Gasteiger partial charge on any atom is 0.137 e. The molecule has 0 saturated heterocycles. The van der Waals surface area contributed by atoms with Crippen molar-refractivity contribution in [2.45, 2.75) is 18.6 Å². The molecule has 110 valence electrons. The third kappa shape index (κ3) is 2.89. The molecule has 2 N–H and O–H groups in total. The molecule has 5 heteroatoms. The Morgan fingerprint density at radius 3 is 2.81 bits per heavy atom. The van der Waals surface area contributed by atoms with Crippen molar-refractivity contribution in [3.8, 4) is 11.5 Å². The molecule has 1 unspecified atom stereocenters. The Bertz CT molecular complexity index is 677.